The van der Waals surface area contributed by atoms with Crippen LogP contribution in [-0.4, -0.2) is 68.5 Å². The number of rotatable bonds is 65. The molecule has 8 nitrogen and oxygen atoms in total. The van der Waals surface area contributed by atoms with Gasteiger partial charge < -0.3 is 28.8 Å². The van der Waals surface area contributed by atoms with E-state index in [4.69, 9.17) is 9.05 Å². The van der Waals surface area contributed by atoms with Crippen LogP contribution in [-0.2, 0) is 18.4 Å². The maximum atomic E-state index is 13.0. The highest BCUT2D eigenvalue weighted by molar-refractivity contribution is 7.45. The maximum absolute atomic E-state index is 13.0. The Labute approximate surface area is 476 Å². The molecule has 3 unspecified atom stereocenters. The largest absolute Gasteiger partial charge is 0.756 e. The minimum absolute atomic E-state index is 0.0166. The van der Waals surface area contributed by atoms with E-state index in [1.165, 1.54) is 308 Å². The number of phosphoric acid groups is 1. The summed E-state index contributed by atoms with van der Waals surface area (Å²) in [6.07, 6.45) is 73.5. The summed E-state index contributed by atoms with van der Waals surface area (Å²) in [5.41, 5.74) is 0. The van der Waals surface area contributed by atoms with E-state index in [0.29, 0.717) is 23.9 Å². The van der Waals surface area contributed by atoms with E-state index in [9.17, 15) is 19.4 Å². The molecule has 0 saturated heterocycles. The SMILES string of the molecule is CCCCCCCCCCCCCCCCCCCCCCCCCCCCCCCCCCCCCCCCCCC(=O)NC(COP(=O)([O-])OCC[N+](C)(C)C)C(O)CCCCCCCCCCCCCCCC. The minimum Gasteiger partial charge on any atom is -0.756 e. The number of phosphoric ester groups is 1. The molecular weight excluding hydrogens is 960 g/mol. The number of likely N-dealkylation sites (N-methyl/N-ethyl adjacent to an activating group) is 1. The molecule has 2 N–H and O–H groups in total. The summed E-state index contributed by atoms with van der Waals surface area (Å²) in [4.78, 5) is 25.6. The van der Waals surface area contributed by atoms with Gasteiger partial charge in [-0.05, 0) is 12.8 Å². The number of amides is 1. The summed E-state index contributed by atoms with van der Waals surface area (Å²) < 4.78 is 23.4. The predicted molar refractivity (Wildman–Crippen MR) is 330 cm³/mol. The van der Waals surface area contributed by atoms with Crippen LogP contribution in [0.1, 0.15) is 373 Å². The predicted octanol–water partition coefficient (Wildman–Crippen LogP) is 20.9. The molecule has 0 bridgehead atoms. The highest BCUT2D eigenvalue weighted by atomic mass is 31.2. The molecule has 0 aromatic carbocycles. The molecule has 1 amide bonds. The molecule has 0 heterocycles. The standard InChI is InChI=1S/C67H137N2O6P/c1-6-8-10-12-14-16-18-20-22-23-24-25-26-27-28-29-30-31-32-33-34-35-36-37-38-39-40-41-42-43-44-45-46-47-49-51-53-55-57-59-61-67(71)68-65(64-75-76(72,73)74-63-62-69(3,4)5)66(70)60-58-56-54-52-50-48-21-19-17-15-13-11-9-7-2/h65-66,70H,6-64H2,1-5H3,(H-,68,71,72,73). The molecule has 0 aliphatic rings. The smallest absolute Gasteiger partial charge is 0.268 e. The highest BCUT2D eigenvalue weighted by Crippen LogP contribution is 2.38. The fourth-order valence-corrected chi connectivity index (χ4v) is 11.7. The molecule has 456 valence electrons. The monoisotopic (exact) mass is 1100 g/mol. The summed E-state index contributed by atoms with van der Waals surface area (Å²) in [7, 11) is 1.33. The molecule has 0 spiro atoms. The minimum atomic E-state index is -4.57. The van der Waals surface area contributed by atoms with Gasteiger partial charge >= 0.3 is 0 Å². The summed E-state index contributed by atoms with van der Waals surface area (Å²) in [6, 6.07) is -0.795. The van der Waals surface area contributed by atoms with Crippen molar-refractivity contribution in [3.05, 3.63) is 0 Å². The topological polar surface area (TPSA) is 108 Å². The quantitative estimate of drug-likeness (QED) is 0.0357. The van der Waals surface area contributed by atoms with Gasteiger partial charge in [0.25, 0.3) is 7.82 Å². The molecule has 0 radical (unpaired) electrons. The molecule has 0 aromatic heterocycles. The lowest BCUT2D eigenvalue weighted by atomic mass is 10.0. The van der Waals surface area contributed by atoms with E-state index < -0.39 is 20.0 Å². The first kappa shape index (κ1) is 75.5. The average molecular weight is 1100 g/mol. The molecule has 3 atom stereocenters. The van der Waals surface area contributed by atoms with Gasteiger partial charge in [0.2, 0.25) is 5.91 Å². The van der Waals surface area contributed by atoms with Crippen molar-refractivity contribution in [2.75, 3.05) is 40.9 Å². The van der Waals surface area contributed by atoms with Crippen molar-refractivity contribution < 1.29 is 32.9 Å². The number of hydrogen-bond acceptors (Lipinski definition) is 6. The van der Waals surface area contributed by atoms with E-state index >= 15 is 0 Å². The first-order valence-electron chi connectivity index (χ1n) is 34.4. The Morgan fingerprint density at radius 1 is 0.408 bits per heavy atom. The van der Waals surface area contributed by atoms with E-state index in [1.807, 2.05) is 21.1 Å². The van der Waals surface area contributed by atoms with Gasteiger partial charge in [0.05, 0.1) is 39.9 Å². The fourth-order valence-electron chi connectivity index (χ4n) is 11.0. The normalized spacial score (nSPS) is 13.6. The molecule has 0 fully saturated rings. The Morgan fingerprint density at radius 2 is 0.645 bits per heavy atom. The first-order chi connectivity index (χ1) is 37.0. The Hall–Kier alpha value is -0.500. The van der Waals surface area contributed by atoms with Crippen LogP contribution in [0.3, 0.4) is 0 Å². The second-order valence-electron chi connectivity index (χ2n) is 25.3. The Morgan fingerprint density at radius 3 is 0.895 bits per heavy atom. The van der Waals surface area contributed by atoms with E-state index in [0.717, 1.165) is 38.5 Å². The zero-order chi connectivity index (χ0) is 55.6. The number of quaternary nitrogens is 1. The third-order valence-corrected chi connectivity index (χ3v) is 17.3. The second kappa shape index (κ2) is 59.1. The van der Waals surface area contributed by atoms with Crippen LogP contribution in [0.15, 0.2) is 0 Å². The van der Waals surface area contributed by atoms with Crippen molar-refractivity contribution in [1.82, 2.24) is 5.32 Å². The lowest BCUT2D eigenvalue weighted by Crippen LogP contribution is -2.46. The van der Waals surface area contributed by atoms with Crippen molar-refractivity contribution in [2.45, 2.75) is 386 Å². The average Bonchev–Trinajstić information content (AvgIpc) is 3.38. The summed E-state index contributed by atoms with van der Waals surface area (Å²) in [6.45, 7) is 4.78. The van der Waals surface area contributed by atoms with Crippen molar-refractivity contribution >= 4 is 13.7 Å². The lowest BCUT2D eigenvalue weighted by molar-refractivity contribution is -0.870. The molecule has 0 aliphatic heterocycles. The van der Waals surface area contributed by atoms with E-state index in [-0.39, 0.29) is 19.1 Å². The maximum Gasteiger partial charge on any atom is 0.268 e. The van der Waals surface area contributed by atoms with Crippen molar-refractivity contribution in [2.24, 2.45) is 0 Å². The van der Waals surface area contributed by atoms with E-state index in [2.05, 4.69) is 19.2 Å². The van der Waals surface area contributed by atoms with Crippen LogP contribution in [0.4, 0.5) is 0 Å². The Balaban J connectivity index is 3.78. The number of nitrogens with zero attached hydrogens (tertiary/aromatic N) is 1. The number of hydrogen-bond donors (Lipinski definition) is 2. The highest BCUT2D eigenvalue weighted by Gasteiger charge is 2.24. The third kappa shape index (κ3) is 61.1. The Kier molecular flexibility index (Phi) is 58.7. The molecule has 76 heavy (non-hydrogen) atoms. The van der Waals surface area contributed by atoms with Crippen LogP contribution in [0, 0.1) is 0 Å². The number of carbonyl (C=O) groups excluding carboxylic acids is 1. The van der Waals surface area contributed by atoms with E-state index in [1.54, 1.807) is 0 Å². The zero-order valence-electron chi connectivity index (χ0n) is 52.3. The molecule has 0 rings (SSSR count). The molecule has 0 aromatic rings. The van der Waals surface area contributed by atoms with Crippen molar-refractivity contribution in [3.8, 4) is 0 Å². The summed E-state index contributed by atoms with van der Waals surface area (Å²) in [5, 5.41) is 14.0. The fraction of sp³-hybridized carbons (Fsp3) is 0.985. The number of nitrogens with one attached hydrogen (secondary N) is 1. The second-order valence-corrected chi connectivity index (χ2v) is 26.7. The van der Waals surface area contributed by atoms with Gasteiger partial charge in [-0.2, -0.15) is 0 Å². The van der Waals surface area contributed by atoms with Gasteiger partial charge in [-0.3, -0.25) is 9.36 Å². The molecular formula is C67H137N2O6P. The first-order valence-corrected chi connectivity index (χ1v) is 35.8. The summed E-state index contributed by atoms with van der Waals surface area (Å²) in [5.74, 6) is -0.156. The van der Waals surface area contributed by atoms with Gasteiger partial charge in [-0.15, -0.1) is 0 Å². The van der Waals surface area contributed by atoms with Gasteiger partial charge in [0, 0.05) is 6.42 Å². The number of aliphatic hydroxyl groups is 1. The van der Waals surface area contributed by atoms with Gasteiger partial charge in [-0.1, -0.05) is 354 Å². The van der Waals surface area contributed by atoms with Crippen molar-refractivity contribution in [1.29, 1.82) is 0 Å². The molecule has 0 aliphatic carbocycles. The number of unbranched alkanes of at least 4 members (excludes halogenated alkanes) is 52. The van der Waals surface area contributed by atoms with Crippen LogP contribution in [0.2, 0.25) is 0 Å². The van der Waals surface area contributed by atoms with Crippen LogP contribution < -0.4 is 10.2 Å². The van der Waals surface area contributed by atoms with Gasteiger partial charge in [-0.25, -0.2) is 0 Å². The molecule has 9 heteroatoms. The third-order valence-electron chi connectivity index (χ3n) is 16.3. The Bertz CT molecular complexity index is 1200. The van der Waals surface area contributed by atoms with Crippen LogP contribution >= 0.6 is 7.82 Å². The number of aliphatic hydroxyl groups excluding tert-OH is 1. The summed E-state index contributed by atoms with van der Waals surface area (Å²) >= 11 is 0. The van der Waals surface area contributed by atoms with Gasteiger partial charge in [0.15, 0.2) is 0 Å². The van der Waals surface area contributed by atoms with Crippen LogP contribution in [0.5, 0.6) is 0 Å². The zero-order valence-corrected chi connectivity index (χ0v) is 53.2. The van der Waals surface area contributed by atoms with Crippen LogP contribution in [0.25, 0.3) is 0 Å². The van der Waals surface area contributed by atoms with Gasteiger partial charge in [0.1, 0.15) is 13.2 Å². The van der Waals surface area contributed by atoms with Crippen molar-refractivity contribution in [3.63, 3.8) is 0 Å². The molecule has 0 saturated carbocycles. The number of carbonyl (C=O) groups is 1. The lowest BCUT2D eigenvalue weighted by Gasteiger charge is -2.30.